The van der Waals surface area contributed by atoms with Crippen LogP contribution in [0, 0.1) is 5.41 Å². The van der Waals surface area contributed by atoms with E-state index in [0.717, 1.165) is 0 Å². The fourth-order valence-corrected chi connectivity index (χ4v) is 2.07. The zero-order valence-electron chi connectivity index (χ0n) is 9.35. The Balaban J connectivity index is 2.84. The second-order valence-corrected chi connectivity index (χ2v) is 4.17. The van der Waals surface area contributed by atoms with Gasteiger partial charge in [-0.2, -0.15) is 0 Å². The maximum atomic E-state index is 11.3. The Labute approximate surface area is 94.4 Å². The van der Waals surface area contributed by atoms with Crippen molar-refractivity contribution in [2.24, 2.45) is 5.41 Å². The molecule has 0 bridgehead atoms. The molecule has 0 saturated carbocycles. The van der Waals surface area contributed by atoms with E-state index >= 15 is 0 Å². The number of carboxylic acids is 1. The van der Waals surface area contributed by atoms with Crippen LogP contribution >= 0.6 is 0 Å². The molecule has 0 aromatic carbocycles. The SMILES string of the molecule is C/C=C\CC1(C(=O)O)CCCN(C(=O)O)C1. The van der Waals surface area contributed by atoms with Gasteiger partial charge < -0.3 is 15.1 Å². The lowest BCUT2D eigenvalue weighted by molar-refractivity contribution is -0.151. The monoisotopic (exact) mass is 227 g/mol. The number of hydrogen-bond acceptors (Lipinski definition) is 2. The highest BCUT2D eigenvalue weighted by Gasteiger charge is 2.42. The molecule has 1 fully saturated rings. The summed E-state index contributed by atoms with van der Waals surface area (Å²) in [5.74, 6) is -0.906. The number of hydrogen-bond donors (Lipinski definition) is 2. The molecule has 1 saturated heterocycles. The fraction of sp³-hybridized carbons (Fsp3) is 0.636. The average Bonchev–Trinajstić information content (AvgIpc) is 2.26. The van der Waals surface area contributed by atoms with Crippen molar-refractivity contribution in [3.8, 4) is 0 Å². The predicted molar refractivity (Wildman–Crippen MR) is 58.3 cm³/mol. The van der Waals surface area contributed by atoms with Gasteiger partial charge in [-0.15, -0.1) is 0 Å². The number of piperidine rings is 1. The molecule has 16 heavy (non-hydrogen) atoms. The number of rotatable bonds is 3. The molecule has 1 aliphatic rings. The Morgan fingerprint density at radius 3 is 2.62 bits per heavy atom. The zero-order valence-corrected chi connectivity index (χ0v) is 9.35. The predicted octanol–water partition coefficient (Wildman–Crippen LogP) is 1.80. The first kappa shape index (κ1) is 12.5. The third-order valence-electron chi connectivity index (χ3n) is 3.05. The van der Waals surface area contributed by atoms with E-state index in [-0.39, 0.29) is 6.54 Å². The minimum atomic E-state index is -1.04. The Morgan fingerprint density at radius 2 is 2.12 bits per heavy atom. The molecule has 1 heterocycles. The maximum absolute atomic E-state index is 11.3. The maximum Gasteiger partial charge on any atom is 0.407 e. The molecule has 1 atom stereocenters. The second-order valence-electron chi connectivity index (χ2n) is 4.17. The molecule has 0 aromatic rings. The highest BCUT2D eigenvalue weighted by atomic mass is 16.4. The summed E-state index contributed by atoms with van der Waals surface area (Å²) >= 11 is 0. The van der Waals surface area contributed by atoms with Crippen molar-refractivity contribution in [1.82, 2.24) is 4.90 Å². The smallest absolute Gasteiger partial charge is 0.407 e. The van der Waals surface area contributed by atoms with Crippen molar-refractivity contribution < 1.29 is 19.8 Å². The van der Waals surface area contributed by atoms with Gasteiger partial charge >= 0.3 is 12.1 Å². The Morgan fingerprint density at radius 1 is 1.44 bits per heavy atom. The number of aliphatic carboxylic acids is 1. The molecule has 5 heteroatoms. The standard InChI is InChI=1S/C11H17NO4/c1-2-3-5-11(9(13)14)6-4-7-12(8-11)10(15)16/h2-3H,4-8H2,1H3,(H,13,14)(H,15,16)/b3-2-. The van der Waals surface area contributed by atoms with Gasteiger partial charge in [-0.05, 0) is 26.2 Å². The summed E-state index contributed by atoms with van der Waals surface area (Å²) < 4.78 is 0. The number of likely N-dealkylation sites (tertiary alicyclic amines) is 1. The van der Waals surface area contributed by atoms with Crippen LogP contribution < -0.4 is 0 Å². The van der Waals surface area contributed by atoms with Crippen LogP contribution in [0.4, 0.5) is 4.79 Å². The molecule has 1 aliphatic heterocycles. The molecule has 1 rings (SSSR count). The lowest BCUT2D eigenvalue weighted by Gasteiger charge is -2.38. The molecule has 0 aromatic heterocycles. The molecular formula is C11H17NO4. The minimum absolute atomic E-state index is 0.0853. The van der Waals surface area contributed by atoms with Crippen LogP contribution in [-0.2, 0) is 4.79 Å². The second kappa shape index (κ2) is 5.01. The van der Waals surface area contributed by atoms with Gasteiger partial charge in [0, 0.05) is 13.1 Å². The van der Waals surface area contributed by atoms with Crippen molar-refractivity contribution >= 4 is 12.1 Å². The van der Waals surface area contributed by atoms with Crippen molar-refractivity contribution in [1.29, 1.82) is 0 Å². The van der Waals surface area contributed by atoms with E-state index < -0.39 is 17.5 Å². The van der Waals surface area contributed by atoms with Crippen LogP contribution in [0.15, 0.2) is 12.2 Å². The van der Waals surface area contributed by atoms with Crippen LogP contribution in [-0.4, -0.2) is 40.3 Å². The number of nitrogens with zero attached hydrogens (tertiary/aromatic N) is 1. The molecule has 1 unspecified atom stereocenters. The van der Waals surface area contributed by atoms with Crippen molar-refractivity contribution in [2.45, 2.75) is 26.2 Å². The molecule has 0 radical (unpaired) electrons. The summed E-state index contributed by atoms with van der Waals surface area (Å²) in [6.07, 6.45) is 4.09. The van der Waals surface area contributed by atoms with Crippen molar-refractivity contribution in [3.63, 3.8) is 0 Å². The van der Waals surface area contributed by atoms with Crippen LogP contribution in [0.3, 0.4) is 0 Å². The number of carbonyl (C=O) groups is 2. The molecule has 0 aliphatic carbocycles. The van der Waals surface area contributed by atoms with E-state index in [0.29, 0.717) is 25.8 Å². The van der Waals surface area contributed by atoms with E-state index in [2.05, 4.69) is 0 Å². The van der Waals surface area contributed by atoms with Crippen LogP contribution in [0.2, 0.25) is 0 Å². The van der Waals surface area contributed by atoms with E-state index in [4.69, 9.17) is 5.11 Å². The average molecular weight is 227 g/mol. The summed E-state index contributed by atoms with van der Waals surface area (Å²) in [7, 11) is 0. The first-order valence-corrected chi connectivity index (χ1v) is 5.34. The zero-order chi connectivity index (χ0) is 12.2. The van der Waals surface area contributed by atoms with E-state index in [1.807, 2.05) is 6.92 Å². The first-order valence-electron chi connectivity index (χ1n) is 5.34. The van der Waals surface area contributed by atoms with Gasteiger partial charge in [0.05, 0.1) is 5.41 Å². The molecule has 90 valence electrons. The number of carboxylic acid groups (broad SMARTS) is 2. The van der Waals surface area contributed by atoms with Crippen molar-refractivity contribution in [2.75, 3.05) is 13.1 Å². The summed E-state index contributed by atoms with van der Waals surface area (Å²) in [5.41, 5.74) is -0.941. The van der Waals surface area contributed by atoms with Gasteiger partial charge in [0.25, 0.3) is 0 Å². The summed E-state index contributed by atoms with van der Waals surface area (Å²) in [6, 6.07) is 0. The fourth-order valence-electron chi connectivity index (χ4n) is 2.07. The first-order chi connectivity index (χ1) is 7.52. The highest BCUT2D eigenvalue weighted by molar-refractivity contribution is 5.76. The van der Waals surface area contributed by atoms with Gasteiger partial charge in [0.2, 0.25) is 0 Å². The lowest BCUT2D eigenvalue weighted by atomic mass is 9.77. The number of allylic oxidation sites excluding steroid dienone is 2. The molecule has 2 N–H and O–H groups in total. The Hall–Kier alpha value is -1.52. The van der Waals surface area contributed by atoms with E-state index in [1.165, 1.54) is 4.90 Å². The van der Waals surface area contributed by atoms with Gasteiger partial charge in [0.15, 0.2) is 0 Å². The van der Waals surface area contributed by atoms with Crippen LogP contribution in [0.25, 0.3) is 0 Å². The van der Waals surface area contributed by atoms with Crippen LogP contribution in [0.1, 0.15) is 26.2 Å². The number of amides is 1. The summed E-state index contributed by atoms with van der Waals surface area (Å²) in [4.78, 5) is 23.3. The molecule has 5 nitrogen and oxygen atoms in total. The molecule has 1 amide bonds. The highest BCUT2D eigenvalue weighted by Crippen LogP contribution is 2.34. The van der Waals surface area contributed by atoms with Gasteiger partial charge in [-0.25, -0.2) is 4.79 Å². The molecule has 0 spiro atoms. The van der Waals surface area contributed by atoms with Gasteiger partial charge in [0.1, 0.15) is 0 Å². The Kier molecular flexibility index (Phi) is 3.93. The minimum Gasteiger partial charge on any atom is -0.481 e. The van der Waals surface area contributed by atoms with Crippen LogP contribution in [0.5, 0.6) is 0 Å². The summed E-state index contributed by atoms with van der Waals surface area (Å²) in [6.45, 7) is 2.34. The van der Waals surface area contributed by atoms with Gasteiger partial charge in [-0.3, -0.25) is 4.79 Å². The Bertz CT molecular complexity index is 313. The largest absolute Gasteiger partial charge is 0.481 e. The van der Waals surface area contributed by atoms with E-state index in [1.54, 1.807) is 12.2 Å². The van der Waals surface area contributed by atoms with E-state index in [9.17, 15) is 14.7 Å². The normalized spacial score (nSPS) is 25.9. The third-order valence-corrected chi connectivity index (χ3v) is 3.05. The third kappa shape index (κ3) is 2.53. The van der Waals surface area contributed by atoms with Crippen molar-refractivity contribution in [3.05, 3.63) is 12.2 Å². The summed E-state index contributed by atoms with van der Waals surface area (Å²) in [5, 5.41) is 18.2. The molecular weight excluding hydrogens is 210 g/mol. The topological polar surface area (TPSA) is 77.8 Å². The van der Waals surface area contributed by atoms with Gasteiger partial charge in [-0.1, -0.05) is 12.2 Å². The quantitative estimate of drug-likeness (QED) is 0.720. The lowest BCUT2D eigenvalue weighted by Crippen LogP contribution is -2.49.